The van der Waals surface area contributed by atoms with Crippen molar-refractivity contribution in [2.24, 2.45) is 4.99 Å². The average Bonchev–Trinajstić information content (AvgIpc) is 3.47. The molecule has 1 atom stereocenters. The molecule has 0 amide bonds. The summed E-state index contributed by atoms with van der Waals surface area (Å²) in [5.41, 5.74) is 1.98. The Kier molecular flexibility index (Phi) is 7.08. The molecule has 37 heavy (non-hydrogen) atoms. The Bertz CT molecular complexity index is 1590. The van der Waals surface area contributed by atoms with Crippen molar-refractivity contribution in [3.63, 3.8) is 0 Å². The lowest BCUT2D eigenvalue weighted by Crippen LogP contribution is -2.40. The van der Waals surface area contributed by atoms with E-state index in [1.54, 1.807) is 31.2 Å². The van der Waals surface area contributed by atoms with E-state index < -0.39 is 12.0 Å². The second kappa shape index (κ2) is 10.4. The van der Waals surface area contributed by atoms with E-state index in [0.29, 0.717) is 54.9 Å². The van der Waals surface area contributed by atoms with Crippen LogP contribution in [0, 0.1) is 0 Å². The largest absolute Gasteiger partial charge is 0.496 e. The number of fused-ring (bicyclic) bond motifs is 2. The summed E-state index contributed by atoms with van der Waals surface area (Å²) in [6.07, 6.45) is 3.08. The lowest BCUT2D eigenvalue weighted by molar-refractivity contribution is -0.139. The highest BCUT2D eigenvalue weighted by Crippen LogP contribution is 2.38. The first-order valence-corrected chi connectivity index (χ1v) is 13.1. The molecule has 192 valence electrons. The molecule has 3 aromatic rings. The van der Waals surface area contributed by atoms with Crippen molar-refractivity contribution in [2.75, 3.05) is 20.5 Å². The van der Waals surface area contributed by atoms with Crippen LogP contribution in [0.2, 0.25) is 5.02 Å². The van der Waals surface area contributed by atoms with Gasteiger partial charge in [0.1, 0.15) is 11.8 Å². The van der Waals surface area contributed by atoms with E-state index in [-0.39, 0.29) is 19.0 Å². The third-order valence-electron chi connectivity index (χ3n) is 6.07. The molecule has 0 saturated carbocycles. The SMILES string of the molecule is CCCC1=C(C(=O)OCC)[C@H](c2cc(Cl)ccc2OC)n2c(s/c(=C/c3ccc4c(c3)OCO4)c2=O)=N1. The van der Waals surface area contributed by atoms with Gasteiger partial charge in [-0.3, -0.25) is 9.36 Å². The van der Waals surface area contributed by atoms with Crippen LogP contribution in [0.3, 0.4) is 0 Å². The van der Waals surface area contributed by atoms with Crippen LogP contribution >= 0.6 is 22.9 Å². The third-order valence-corrected chi connectivity index (χ3v) is 7.29. The fraction of sp³-hybridized carbons (Fsp3) is 0.296. The minimum atomic E-state index is -0.815. The van der Waals surface area contributed by atoms with Crippen LogP contribution in [0.15, 0.2) is 57.5 Å². The molecule has 8 nitrogen and oxygen atoms in total. The Hall–Kier alpha value is -3.56. The van der Waals surface area contributed by atoms with Gasteiger partial charge in [-0.15, -0.1) is 0 Å². The Labute approximate surface area is 222 Å². The molecule has 0 aliphatic carbocycles. The van der Waals surface area contributed by atoms with Crippen LogP contribution < -0.4 is 29.1 Å². The van der Waals surface area contributed by atoms with Crippen LogP contribution in [0.25, 0.3) is 6.08 Å². The van der Waals surface area contributed by atoms with Crippen molar-refractivity contribution in [2.45, 2.75) is 32.7 Å². The average molecular weight is 541 g/mol. The molecule has 0 N–H and O–H groups in total. The molecular formula is C27H25ClN2O6S. The molecule has 5 rings (SSSR count). The molecule has 0 bridgehead atoms. The summed E-state index contributed by atoms with van der Waals surface area (Å²) in [5, 5.41) is 0.454. The fourth-order valence-electron chi connectivity index (χ4n) is 4.49. The predicted octanol–water partition coefficient (Wildman–Crippen LogP) is 3.97. The van der Waals surface area contributed by atoms with E-state index in [2.05, 4.69) is 0 Å². The number of esters is 1. The van der Waals surface area contributed by atoms with Crippen molar-refractivity contribution in [1.29, 1.82) is 0 Å². The van der Waals surface area contributed by atoms with Gasteiger partial charge in [0, 0.05) is 10.6 Å². The minimum absolute atomic E-state index is 0.166. The number of allylic oxidation sites excluding steroid dienone is 1. The van der Waals surface area contributed by atoms with Gasteiger partial charge in [0.15, 0.2) is 16.3 Å². The number of nitrogens with zero attached hydrogens (tertiary/aromatic N) is 2. The van der Waals surface area contributed by atoms with Crippen molar-refractivity contribution in [3.05, 3.63) is 83.5 Å². The van der Waals surface area contributed by atoms with Gasteiger partial charge in [-0.1, -0.05) is 42.3 Å². The molecule has 0 unspecified atom stereocenters. The molecule has 3 heterocycles. The maximum absolute atomic E-state index is 13.9. The number of ether oxygens (including phenoxy) is 4. The lowest BCUT2D eigenvalue weighted by Gasteiger charge is -2.27. The number of thiazole rings is 1. The number of carbonyl (C=O) groups excluding carboxylic acids is 1. The van der Waals surface area contributed by atoms with Crippen LogP contribution in [0.5, 0.6) is 17.2 Å². The molecule has 2 aliphatic heterocycles. The second-order valence-electron chi connectivity index (χ2n) is 8.41. The highest BCUT2D eigenvalue weighted by Gasteiger charge is 2.36. The summed E-state index contributed by atoms with van der Waals surface area (Å²) in [5.74, 6) is 1.26. The zero-order chi connectivity index (χ0) is 26.1. The molecule has 0 saturated heterocycles. The predicted molar refractivity (Wildman–Crippen MR) is 140 cm³/mol. The summed E-state index contributed by atoms with van der Waals surface area (Å²) in [6, 6.07) is 9.82. The van der Waals surface area contributed by atoms with Crippen molar-refractivity contribution in [3.8, 4) is 17.2 Å². The third kappa shape index (κ3) is 4.65. The van der Waals surface area contributed by atoms with Crippen molar-refractivity contribution >= 4 is 35.0 Å². The molecule has 10 heteroatoms. The minimum Gasteiger partial charge on any atom is -0.496 e. The quantitative estimate of drug-likeness (QED) is 0.421. The highest BCUT2D eigenvalue weighted by molar-refractivity contribution is 7.07. The van der Waals surface area contributed by atoms with Gasteiger partial charge < -0.3 is 18.9 Å². The molecular weight excluding hydrogens is 516 g/mol. The highest BCUT2D eigenvalue weighted by atomic mass is 35.5. The van der Waals surface area contributed by atoms with E-state index in [1.165, 1.54) is 23.0 Å². The first-order valence-electron chi connectivity index (χ1n) is 11.9. The first kappa shape index (κ1) is 25.1. The summed E-state index contributed by atoms with van der Waals surface area (Å²) in [4.78, 5) is 32.5. The zero-order valence-corrected chi connectivity index (χ0v) is 22.1. The van der Waals surface area contributed by atoms with Gasteiger partial charge in [-0.05, 0) is 55.3 Å². The van der Waals surface area contributed by atoms with E-state index in [9.17, 15) is 9.59 Å². The topological polar surface area (TPSA) is 88.4 Å². The van der Waals surface area contributed by atoms with Gasteiger partial charge in [-0.2, -0.15) is 0 Å². The van der Waals surface area contributed by atoms with E-state index >= 15 is 0 Å². The Morgan fingerprint density at radius 3 is 2.78 bits per heavy atom. The standard InChI is InChI=1S/C27H25ClN2O6S/c1-4-6-18-23(26(32)34-5-2)24(17-13-16(28)8-10-19(17)33-3)30-25(31)22(37-27(30)29-18)12-15-7-9-20-21(11-15)36-14-35-20/h7-13,24H,4-6,14H2,1-3H3/b22-12+/t24-/m0/s1. The van der Waals surface area contributed by atoms with Gasteiger partial charge in [0.05, 0.1) is 29.5 Å². The summed E-state index contributed by atoms with van der Waals surface area (Å²) >= 11 is 7.64. The molecule has 2 aromatic carbocycles. The number of halogens is 1. The molecule has 0 fully saturated rings. The van der Waals surface area contributed by atoms with Crippen LogP contribution in [0.4, 0.5) is 0 Å². The first-order chi connectivity index (χ1) is 17.9. The van der Waals surface area contributed by atoms with E-state index in [0.717, 1.165) is 12.0 Å². The normalized spacial score (nSPS) is 16.4. The van der Waals surface area contributed by atoms with E-state index in [4.69, 9.17) is 35.5 Å². The van der Waals surface area contributed by atoms with Gasteiger partial charge in [0.2, 0.25) is 6.79 Å². The Morgan fingerprint density at radius 2 is 2.03 bits per heavy atom. The Morgan fingerprint density at radius 1 is 1.22 bits per heavy atom. The lowest BCUT2D eigenvalue weighted by atomic mass is 9.93. The van der Waals surface area contributed by atoms with Crippen LogP contribution in [0.1, 0.15) is 43.9 Å². The van der Waals surface area contributed by atoms with Gasteiger partial charge in [0.25, 0.3) is 5.56 Å². The van der Waals surface area contributed by atoms with Gasteiger partial charge >= 0.3 is 5.97 Å². The monoisotopic (exact) mass is 540 g/mol. The van der Waals surface area contributed by atoms with Gasteiger partial charge in [-0.25, -0.2) is 9.79 Å². The maximum Gasteiger partial charge on any atom is 0.338 e. The summed E-state index contributed by atoms with van der Waals surface area (Å²) in [6.45, 7) is 4.11. The summed E-state index contributed by atoms with van der Waals surface area (Å²) in [7, 11) is 1.54. The number of methoxy groups -OCH3 is 1. The van der Waals surface area contributed by atoms with Crippen molar-refractivity contribution in [1.82, 2.24) is 4.57 Å². The van der Waals surface area contributed by atoms with Crippen molar-refractivity contribution < 1.29 is 23.7 Å². The Balaban J connectivity index is 1.77. The molecule has 1 aromatic heterocycles. The zero-order valence-electron chi connectivity index (χ0n) is 20.6. The fourth-order valence-corrected chi connectivity index (χ4v) is 5.69. The van der Waals surface area contributed by atoms with E-state index in [1.807, 2.05) is 25.1 Å². The smallest absolute Gasteiger partial charge is 0.338 e. The maximum atomic E-state index is 13.9. The number of hydrogen-bond donors (Lipinski definition) is 0. The van der Waals surface area contributed by atoms with Crippen LogP contribution in [-0.4, -0.2) is 31.0 Å². The second-order valence-corrected chi connectivity index (χ2v) is 9.86. The molecule has 0 radical (unpaired) electrons. The summed E-state index contributed by atoms with van der Waals surface area (Å²) < 4.78 is 23.9. The number of benzene rings is 2. The number of rotatable bonds is 7. The number of hydrogen-bond acceptors (Lipinski definition) is 8. The van der Waals surface area contributed by atoms with Crippen LogP contribution in [-0.2, 0) is 9.53 Å². The molecule has 0 spiro atoms. The number of carbonyl (C=O) groups is 1. The molecule has 2 aliphatic rings. The number of aromatic nitrogens is 1.